The Kier molecular flexibility index (Phi) is 4.84. The van der Waals surface area contributed by atoms with Crippen LogP contribution < -0.4 is 17.0 Å². The van der Waals surface area contributed by atoms with Gasteiger partial charge in [-0.05, 0) is 5.92 Å². The van der Waals surface area contributed by atoms with E-state index in [1.807, 2.05) is 0 Å². The number of aliphatic hydroxyl groups excluding tert-OH is 1. The third-order valence-corrected chi connectivity index (χ3v) is 2.75. The molecule has 0 aromatic heterocycles. The van der Waals surface area contributed by atoms with Crippen LogP contribution in [-0.4, -0.2) is 42.4 Å². The summed E-state index contributed by atoms with van der Waals surface area (Å²) in [6.07, 6.45) is 7.58. The largest absolute Gasteiger partial charge is 1.00 e. The number of aliphatic hydroxyl groups is 1. The molecule has 0 amide bonds. The van der Waals surface area contributed by atoms with Gasteiger partial charge in [0.05, 0.1) is 20.2 Å². The second-order valence-electron chi connectivity index (χ2n) is 3.54. The van der Waals surface area contributed by atoms with Gasteiger partial charge >= 0.3 is 0 Å². The van der Waals surface area contributed by atoms with Crippen LogP contribution in [-0.2, 0) is 0 Å². The fourth-order valence-corrected chi connectivity index (χ4v) is 1.89. The molecule has 0 aromatic carbocycles. The van der Waals surface area contributed by atoms with Crippen molar-refractivity contribution in [3.8, 4) is 12.3 Å². The number of terminal acetylenes is 1. The van der Waals surface area contributed by atoms with Crippen LogP contribution in [0.15, 0.2) is 0 Å². The van der Waals surface area contributed by atoms with Crippen LogP contribution in [0.2, 0.25) is 0 Å². The van der Waals surface area contributed by atoms with Gasteiger partial charge < -0.3 is 26.6 Å². The van der Waals surface area contributed by atoms with E-state index in [1.165, 1.54) is 6.42 Å². The lowest BCUT2D eigenvalue weighted by atomic mass is 10.2. The number of nitrogens with zero attached hydrogens (tertiary/aromatic N) is 1. The molecule has 2 nitrogen and oxygen atoms in total. The molecule has 0 bridgehead atoms. The first kappa shape index (κ1) is 12.0. The molecule has 12 heavy (non-hydrogen) atoms. The number of rotatable bonds is 2. The van der Waals surface area contributed by atoms with Crippen LogP contribution in [0.25, 0.3) is 0 Å². The van der Waals surface area contributed by atoms with Gasteiger partial charge in [0.15, 0.2) is 0 Å². The quantitative estimate of drug-likeness (QED) is 0.405. The van der Waals surface area contributed by atoms with Crippen LogP contribution in [0.4, 0.5) is 0 Å². The molecule has 1 N–H and O–H groups in total. The number of hydrogen-bond donors (Lipinski definition) is 1. The molecule has 0 aliphatic carbocycles. The predicted molar refractivity (Wildman–Crippen MR) is 44.9 cm³/mol. The Morgan fingerprint density at radius 3 is 2.83 bits per heavy atom. The third-order valence-electron chi connectivity index (χ3n) is 2.75. The molecule has 1 heterocycles. The average Bonchev–Trinajstić information content (AvgIpc) is 2.31. The first-order valence-electron chi connectivity index (χ1n) is 4.11. The maximum atomic E-state index is 9.04. The highest BCUT2D eigenvalue weighted by atomic mass is 79.9. The number of quaternary nitrogens is 1. The first-order valence-corrected chi connectivity index (χ1v) is 4.11. The minimum absolute atomic E-state index is 0. The van der Waals surface area contributed by atoms with E-state index < -0.39 is 0 Å². The molecule has 0 spiro atoms. The topological polar surface area (TPSA) is 20.2 Å². The Morgan fingerprint density at radius 2 is 2.33 bits per heavy atom. The van der Waals surface area contributed by atoms with Crippen molar-refractivity contribution < 1.29 is 26.6 Å². The Morgan fingerprint density at radius 1 is 1.67 bits per heavy atom. The second-order valence-corrected chi connectivity index (χ2v) is 3.54. The van der Waals surface area contributed by atoms with Crippen molar-refractivity contribution in [3.05, 3.63) is 0 Å². The highest BCUT2D eigenvalue weighted by Gasteiger charge is 2.36. The summed E-state index contributed by atoms with van der Waals surface area (Å²) in [7, 11) is 2.13. The van der Waals surface area contributed by atoms with Gasteiger partial charge in [0.2, 0.25) is 0 Å². The lowest BCUT2D eigenvalue weighted by Crippen LogP contribution is -3.00. The molecule has 3 heteroatoms. The summed E-state index contributed by atoms with van der Waals surface area (Å²) < 4.78 is 0.868. The molecule has 0 radical (unpaired) electrons. The molecule has 1 rings (SSSR count). The van der Waals surface area contributed by atoms with Crippen LogP contribution in [0, 0.1) is 12.3 Å². The van der Waals surface area contributed by atoms with Crippen molar-refractivity contribution in [3.63, 3.8) is 0 Å². The fraction of sp³-hybridized carbons (Fsp3) is 0.778. The Labute approximate surface area is 84.9 Å². The summed E-state index contributed by atoms with van der Waals surface area (Å²) in [6.45, 7) is 2.15. The molecule has 70 valence electrons. The predicted octanol–water partition coefficient (Wildman–Crippen LogP) is -2.78. The van der Waals surface area contributed by atoms with Gasteiger partial charge in [-0.2, -0.15) is 0 Å². The Hall–Kier alpha value is -0.0400. The lowest BCUT2D eigenvalue weighted by molar-refractivity contribution is -0.914. The molecule has 1 aliphatic heterocycles. The van der Waals surface area contributed by atoms with E-state index in [1.54, 1.807) is 0 Å². The minimum atomic E-state index is 0. The molecule has 1 saturated heterocycles. The van der Waals surface area contributed by atoms with E-state index in [0.717, 1.165) is 24.0 Å². The van der Waals surface area contributed by atoms with E-state index in [0.29, 0.717) is 6.04 Å². The summed E-state index contributed by atoms with van der Waals surface area (Å²) in [5.41, 5.74) is 0. The number of likely N-dealkylation sites (N-methyl/N-ethyl adjacent to an activating group) is 1. The summed E-state index contributed by atoms with van der Waals surface area (Å²) in [5, 5.41) is 9.04. The van der Waals surface area contributed by atoms with E-state index in [4.69, 9.17) is 11.5 Å². The SMILES string of the molecule is C#CC[N+]1(C)CCC[C@H]1CO.[Br-]. The third kappa shape index (κ3) is 2.22. The van der Waals surface area contributed by atoms with E-state index in [9.17, 15) is 0 Å². The van der Waals surface area contributed by atoms with Gasteiger partial charge in [-0.1, -0.05) is 0 Å². The van der Waals surface area contributed by atoms with Crippen LogP contribution >= 0.6 is 0 Å². The highest BCUT2D eigenvalue weighted by molar-refractivity contribution is 4.85. The lowest BCUT2D eigenvalue weighted by Gasteiger charge is -2.33. The summed E-state index contributed by atoms with van der Waals surface area (Å²) in [4.78, 5) is 0. The molecular formula is C9H16BrNO. The molecule has 0 saturated carbocycles. The van der Waals surface area contributed by atoms with Crippen LogP contribution in [0.1, 0.15) is 12.8 Å². The molecule has 1 fully saturated rings. The van der Waals surface area contributed by atoms with Crippen molar-refractivity contribution in [2.24, 2.45) is 0 Å². The standard InChI is InChI=1S/C9H16NO.BrH/c1-3-6-10(2)7-4-5-9(10)8-11;/h1,9,11H,4-8H2,2H3;1H/q+1;/p-1/t9-,10?;/m0./s1. The number of likely N-dealkylation sites (tertiary alicyclic amines) is 1. The first-order chi connectivity index (χ1) is 5.23. The van der Waals surface area contributed by atoms with Crippen LogP contribution in [0.3, 0.4) is 0 Å². The Bertz CT molecular complexity index is 178. The summed E-state index contributed by atoms with van der Waals surface area (Å²) in [5.74, 6) is 2.68. The number of halogens is 1. The zero-order chi connectivity index (χ0) is 8.32. The molecule has 1 aliphatic rings. The zero-order valence-corrected chi connectivity index (χ0v) is 9.05. The monoisotopic (exact) mass is 233 g/mol. The average molecular weight is 234 g/mol. The van der Waals surface area contributed by atoms with Crippen molar-refractivity contribution >= 4 is 0 Å². The normalized spacial score (nSPS) is 33.9. The second kappa shape index (κ2) is 4.86. The molecule has 1 unspecified atom stereocenters. The molecular weight excluding hydrogens is 218 g/mol. The highest BCUT2D eigenvalue weighted by Crippen LogP contribution is 2.23. The van der Waals surface area contributed by atoms with E-state index in [2.05, 4.69) is 13.0 Å². The van der Waals surface area contributed by atoms with Crippen LogP contribution in [0.5, 0.6) is 0 Å². The maximum absolute atomic E-state index is 9.04. The number of hydrogen-bond acceptors (Lipinski definition) is 1. The van der Waals surface area contributed by atoms with Crippen molar-refractivity contribution in [2.45, 2.75) is 18.9 Å². The van der Waals surface area contributed by atoms with E-state index >= 15 is 0 Å². The molecule has 2 atom stereocenters. The minimum Gasteiger partial charge on any atom is -1.00 e. The van der Waals surface area contributed by atoms with Crippen molar-refractivity contribution in [1.82, 2.24) is 0 Å². The van der Waals surface area contributed by atoms with Gasteiger partial charge in [-0.15, -0.1) is 6.42 Å². The summed E-state index contributed by atoms with van der Waals surface area (Å²) >= 11 is 0. The van der Waals surface area contributed by atoms with Gasteiger partial charge in [0.25, 0.3) is 0 Å². The maximum Gasteiger partial charge on any atom is 0.140 e. The zero-order valence-electron chi connectivity index (χ0n) is 7.46. The smallest absolute Gasteiger partial charge is 0.140 e. The van der Waals surface area contributed by atoms with Crippen molar-refractivity contribution in [2.75, 3.05) is 26.7 Å². The molecule has 0 aromatic rings. The van der Waals surface area contributed by atoms with Gasteiger partial charge in [-0.25, -0.2) is 0 Å². The van der Waals surface area contributed by atoms with Crippen molar-refractivity contribution in [1.29, 1.82) is 0 Å². The van der Waals surface area contributed by atoms with Gasteiger partial charge in [0.1, 0.15) is 12.6 Å². The van der Waals surface area contributed by atoms with Gasteiger partial charge in [-0.3, -0.25) is 0 Å². The van der Waals surface area contributed by atoms with E-state index in [-0.39, 0.29) is 23.6 Å². The summed E-state index contributed by atoms with van der Waals surface area (Å²) in [6, 6.07) is 0.381. The Balaban J connectivity index is 0.00000121. The fourth-order valence-electron chi connectivity index (χ4n) is 1.89. The van der Waals surface area contributed by atoms with Gasteiger partial charge in [0, 0.05) is 12.8 Å².